The van der Waals surface area contributed by atoms with Gasteiger partial charge in [0.25, 0.3) is 5.91 Å². The lowest BCUT2D eigenvalue weighted by Gasteiger charge is -2.04. The largest absolute Gasteiger partial charge is 0.304 e. The van der Waals surface area contributed by atoms with Crippen molar-refractivity contribution in [1.82, 2.24) is 24.4 Å². The molecule has 0 fully saturated rings. The predicted octanol–water partition coefficient (Wildman–Crippen LogP) is 4.86. The number of nitrogens with zero attached hydrogens (tertiary/aromatic N) is 5. The summed E-state index contributed by atoms with van der Waals surface area (Å²) in [6, 6.07) is 12.3. The molecule has 0 aliphatic rings. The number of benzene rings is 1. The summed E-state index contributed by atoms with van der Waals surface area (Å²) in [5, 5.41) is 13.5. The number of carbonyl (C=O) groups is 1. The molecule has 0 spiro atoms. The highest BCUT2D eigenvalue weighted by Crippen LogP contribution is 2.26. The van der Waals surface area contributed by atoms with Crippen LogP contribution < -0.4 is 5.32 Å². The van der Waals surface area contributed by atoms with Gasteiger partial charge in [0.05, 0.1) is 27.8 Å². The Morgan fingerprint density at radius 1 is 1.19 bits per heavy atom. The van der Waals surface area contributed by atoms with E-state index in [9.17, 15) is 9.18 Å². The minimum absolute atomic E-state index is 0.240. The number of nitrogens with one attached hydrogen (secondary N) is 1. The van der Waals surface area contributed by atoms with Gasteiger partial charge in [-0.2, -0.15) is 10.2 Å². The minimum atomic E-state index is -0.386. The van der Waals surface area contributed by atoms with Crippen molar-refractivity contribution in [2.75, 3.05) is 5.32 Å². The molecule has 0 radical (unpaired) electrons. The van der Waals surface area contributed by atoms with Crippen LogP contribution in [0.5, 0.6) is 0 Å². The van der Waals surface area contributed by atoms with Crippen LogP contribution in [0.1, 0.15) is 15.9 Å². The number of thiophene rings is 1. The molecule has 1 N–H and O–H groups in total. The molecule has 0 saturated carbocycles. The molecule has 10 heteroatoms. The first-order chi connectivity index (χ1) is 15.1. The van der Waals surface area contributed by atoms with Crippen LogP contribution in [0.4, 0.5) is 10.2 Å². The van der Waals surface area contributed by atoms with Gasteiger partial charge in [-0.25, -0.2) is 13.9 Å². The van der Waals surface area contributed by atoms with Crippen LogP contribution in [-0.2, 0) is 6.54 Å². The highest BCUT2D eigenvalue weighted by Gasteiger charge is 2.19. The third-order valence-electron chi connectivity index (χ3n) is 4.66. The Morgan fingerprint density at radius 3 is 2.87 bits per heavy atom. The summed E-state index contributed by atoms with van der Waals surface area (Å²) in [5.74, 6) is -0.364. The number of aromatic nitrogens is 5. The standard InChI is InChI=1S/C21H14BrFN6OS/c22-15-12-28(11-13-4-1-2-5-16(13)23)27-19(15)26-21(30)14-10-25-29-17(7-8-24-20(14)29)18-6-3-9-31-18/h1-10,12H,11H2,(H,26,27,30). The quantitative estimate of drug-likeness (QED) is 0.377. The number of carbonyl (C=O) groups excluding carboxylic acids is 1. The van der Waals surface area contributed by atoms with Gasteiger partial charge in [-0.05, 0) is 39.5 Å². The Hall–Kier alpha value is -3.37. The molecule has 4 aromatic heterocycles. The average molecular weight is 497 g/mol. The molecule has 0 saturated heterocycles. The number of rotatable bonds is 5. The van der Waals surface area contributed by atoms with Crippen LogP contribution in [-0.4, -0.2) is 30.3 Å². The summed E-state index contributed by atoms with van der Waals surface area (Å²) in [6.45, 7) is 0.240. The Kier molecular flexibility index (Phi) is 5.08. The first-order valence-corrected chi connectivity index (χ1v) is 10.9. The number of halogens is 2. The lowest BCUT2D eigenvalue weighted by molar-refractivity contribution is 0.102. The van der Waals surface area contributed by atoms with E-state index < -0.39 is 0 Å². The highest BCUT2D eigenvalue weighted by atomic mass is 79.9. The molecule has 154 valence electrons. The maximum atomic E-state index is 13.9. The molecule has 5 aromatic rings. The zero-order chi connectivity index (χ0) is 21.4. The molecule has 7 nitrogen and oxygen atoms in total. The minimum Gasteiger partial charge on any atom is -0.304 e. The summed E-state index contributed by atoms with van der Waals surface area (Å²) in [7, 11) is 0. The van der Waals surface area contributed by atoms with E-state index in [2.05, 4.69) is 36.4 Å². The summed E-state index contributed by atoms with van der Waals surface area (Å²) in [5.41, 5.74) is 2.14. The number of hydrogen-bond acceptors (Lipinski definition) is 5. The normalized spacial score (nSPS) is 11.2. The van der Waals surface area contributed by atoms with E-state index in [1.807, 2.05) is 23.6 Å². The highest BCUT2D eigenvalue weighted by molar-refractivity contribution is 9.10. The maximum absolute atomic E-state index is 13.9. The van der Waals surface area contributed by atoms with Crippen LogP contribution in [0.3, 0.4) is 0 Å². The SMILES string of the molecule is O=C(Nc1nn(Cc2ccccc2F)cc1Br)c1cnn2c(-c3cccs3)ccnc12. The van der Waals surface area contributed by atoms with Crippen LogP contribution in [0.15, 0.2) is 70.9 Å². The first kappa shape index (κ1) is 19.6. The summed E-state index contributed by atoms with van der Waals surface area (Å²) >= 11 is 4.98. The van der Waals surface area contributed by atoms with Crippen LogP contribution in [0.2, 0.25) is 0 Å². The second-order valence-corrected chi connectivity index (χ2v) is 8.47. The predicted molar refractivity (Wildman–Crippen MR) is 120 cm³/mol. The maximum Gasteiger partial charge on any atom is 0.262 e. The molecule has 1 amide bonds. The monoisotopic (exact) mass is 496 g/mol. The summed E-state index contributed by atoms with van der Waals surface area (Å²) < 4.78 is 17.7. The van der Waals surface area contributed by atoms with Gasteiger partial charge in [0.2, 0.25) is 0 Å². The fraction of sp³-hybridized carbons (Fsp3) is 0.0476. The molecule has 31 heavy (non-hydrogen) atoms. The van der Waals surface area contributed by atoms with Crippen molar-refractivity contribution < 1.29 is 9.18 Å². The lowest BCUT2D eigenvalue weighted by atomic mass is 10.2. The van der Waals surface area contributed by atoms with Gasteiger partial charge < -0.3 is 5.32 Å². The first-order valence-electron chi connectivity index (χ1n) is 9.24. The molecule has 0 aliphatic carbocycles. The molecule has 4 heterocycles. The fourth-order valence-corrected chi connectivity index (χ4v) is 4.35. The average Bonchev–Trinajstić information content (AvgIpc) is 3.50. The van der Waals surface area contributed by atoms with Gasteiger partial charge in [0, 0.05) is 18.0 Å². The van der Waals surface area contributed by atoms with Gasteiger partial charge in [0.1, 0.15) is 11.4 Å². The van der Waals surface area contributed by atoms with E-state index >= 15 is 0 Å². The summed E-state index contributed by atoms with van der Waals surface area (Å²) in [4.78, 5) is 18.3. The Bertz CT molecular complexity index is 1390. The Balaban J connectivity index is 1.41. The van der Waals surface area contributed by atoms with Crippen molar-refractivity contribution in [2.24, 2.45) is 0 Å². The molecular weight excluding hydrogens is 483 g/mol. The van der Waals surface area contributed by atoms with E-state index in [0.29, 0.717) is 27.1 Å². The molecule has 0 bridgehead atoms. The van der Waals surface area contributed by atoms with Crippen molar-refractivity contribution in [3.63, 3.8) is 0 Å². The Labute approximate surface area is 188 Å². The van der Waals surface area contributed by atoms with Gasteiger partial charge >= 0.3 is 0 Å². The van der Waals surface area contributed by atoms with Crippen molar-refractivity contribution >= 4 is 44.6 Å². The smallest absolute Gasteiger partial charge is 0.262 e. The number of fused-ring (bicyclic) bond motifs is 1. The molecular formula is C21H14BrFN6OS. The number of hydrogen-bond donors (Lipinski definition) is 1. The topological polar surface area (TPSA) is 77.1 Å². The molecule has 1 aromatic carbocycles. The van der Waals surface area contributed by atoms with Gasteiger partial charge in [-0.15, -0.1) is 11.3 Å². The van der Waals surface area contributed by atoms with Crippen LogP contribution in [0.25, 0.3) is 16.2 Å². The number of anilines is 1. The van der Waals surface area contributed by atoms with E-state index in [-0.39, 0.29) is 18.3 Å². The zero-order valence-electron chi connectivity index (χ0n) is 15.9. The van der Waals surface area contributed by atoms with E-state index in [1.54, 1.807) is 51.1 Å². The van der Waals surface area contributed by atoms with Gasteiger partial charge in [-0.1, -0.05) is 24.3 Å². The zero-order valence-corrected chi connectivity index (χ0v) is 18.3. The van der Waals surface area contributed by atoms with Crippen molar-refractivity contribution in [3.05, 3.63) is 87.9 Å². The summed E-state index contributed by atoms with van der Waals surface area (Å²) in [6.07, 6.45) is 4.83. The molecule has 0 unspecified atom stereocenters. The second-order valence-electron chi connectivity index (χ2n) is 6.67. The van der Waals surface area contributed by atoms with Gasteiger partial charge in [-0.3, -0.25) is 9.48 Å². The van der Waals surface area contributed by atoms with Crippen molar-refractivity contribution in [2.45, 2.75) is 6.54 Å². The molecule has 0 aliphatic heterocycles. The van der Waals surface area contributed by atoms with E-state index in [4.69, 9.17) is 0 Å². The van der Waals surface area contributed by atoms with E-state index in [1.165, 1.54) is 12.3 Å². The number of amides is 1. The molecule has 5 rings (SSSR count). The third-order valence-corrected chi connectivity index (χ3v) is 6.13. The van der Waals surface area contributed by atoms with E-state index in [0.717, 1.165) is 10.6 Å². The second kappa shape index (κ2) is 8.05. The Morgan fingerprint density at radius 2 is 2.06 bits per heavy atom. The lowest BCUT2D eigenvalue weighted by Crippen LogP contribution is -2.13. The fourth-order valence-electron chi connectivity index (χ4n) is 3.20. The van der Waals surface area contributed by atoms with Crippen molar-refractivity contribution in [1.29, 1.82) is 0 Å². The van der Waals surface area contributed by atoms with Gasteiger partial charge in [0.15, 0.2) is 11.5 Å². The third kappa shape index (κ3) is 3.75. The van der Waals surface area contributed by atoms with Crippen molar-refractivity contribution in [3.8, 4) is 10.6 Å². The molecule has 0 atom stereocenters. The van der Waals surface area contributed by atoms with Crippen LogP contribution in [0, 0.1) is 5.82 Å². The van der Waals surface area contributed by atoms with Crippen LogP contribution >= 0.6 is 27.3 Å².